The molecule has 4 heterocycles. The van der Waals surface area contributed by atoms with Crippen molar-refractivity contribution in [1.82, 2.24) is 19.4 Å². The summed E-state index contributed by atoms with van der Waals surface area (Å²) in [6.07, 6.45) is 9.14. The molecule has 2 bridgehead atoms. The molecule has 0 amide bonds. The number of carboxylic acid groups (broad SMARTS) is 1. The van der Waals surface area contributed by atoms with E-state index in [1.54, 1.807) is 21.6 Å². The number of carbonyl (C=O) groups is 1. The summed E-state index contributed by atoms with van der Waals surface area (Å²) in [7, 11) is 1.87. The third kappa shape index (κ3) is 2.47. The van der Waals surface area contributed by atoms with E-state index < -0.39 is 5.97 Å². The van der Waals surface area contributed by atoms with Crippen LogP contribution >= 0.6 is 0 Å². The first-order chi connectivity index (χ1) is 13.5. The number of rotatable bonds is 3. The van der Waals surface area contributed by atoms with Crippen LogP contribution in [0.15, 0.2) is 30.9 Å². The maximum atomic E-state index is 11.7. The summed E-state index contributed by atoms with van der Waals surface area (Å²) < 4.78 is 3.50. The van der Waals surface area contributed by atoms with Gasteiger partial charge in [-0.15, -0.1) is 0 Å². The van der Waals surface area contributed by atoms with Crippen molar-refractivity contribution >= 4 is 17.2 Å². The molecule has 8 nitrogen and oxygen atoms in total. The smallest absolute Gasteiger partial charge is 0.307 e. The van der Waals surface area contributed by atoms with E-state index in [2.05, 4.69) is 27.2 Å². The van der Waals surface area contributed by atoms with Gasteiger partial charge in [0.05, 0.1) is 29.6 Å². The minimum absolute atomic E-state index is 0.145. The predicted octanol–water partition coefficient (Wildman–Crippen LogP) is 2.15. The van der Waals surface area contributed by atoms with E-state index in [1.807, 2.05) is 19.4 Å². The van der Waals surface area contributed by atoms with Crippen LogP contribution in [0.4, 0.5) is 5.69 Å². The highest BCUT2D eigenvalue weighted by atomic mass is 16.4. The summed E-state index contributed by atoms with van der Waals surface area (Å²) >= 11 is 0. The molecule has 2 fully saturated rings. The van der Waals surface area contributed by atoms with Gasteiger partial charge >= 0.3 is 5.97 Å². The molecule has 1 aliphatic carbocycles. The van der Waals surface area contributed by atoms with Crippen LogP contribution in [0.2, 0.25) is 0 Å². The Balaban J connectivity index is 1.63. The van der Waals surface area contributed by atoms with Crippen LogP contribution in [0.25, 0.3) is 16.6 Å². The Morgan fingerprint density at radius 3 is 2.54 bits per heavy atom. The van der Waals surface area contributed by atoms with Gasteiger partial charge in [0.1, 0.15) is 11.6 Å². The van der Waals surface area contributed by atoms with Crippen LogP contribution in [-0.4, -0.2) is 43.6 Å². The van der Waals surface area contributed by atoms with Gasteiger partial charge in [0.15, 0.2) is 0 Å². The molecule has 3 aromatic heterocycles. The average Bonchev–Trinajstić information content (AvgIpc) is 3.36. The second-order valence-corrected chi connectivity index (χ2v) is 7.85. The standard InChI is InChI=1S/C20H20N6O2/c1-24-8-16(7-22-24)14-4-17(19-15(5-21)6-23-26(19)11-14)25-9-12-2-3-13(10-25)18(12)20(27)28/h4,6-8,11-13,18H,2-3,9-10H2,1H3,(H,27,28). The molecule has 0 aromatic carbocycles. The highest BCUT2D eigenvalue weighted by Crippen LogP contribution is 2.44. The first-order valence-electron chi connectivity index (χ1n) is 9.43. The van der Waals surface area contributed by atoms with Crippen molar-refractivity contribution in [3.8, 4) is 17.2 Å². The Morgan fingerprint density at radius 2 is 1.93 bits per heavy atom. The summed E-state index contributed by atoms with van der Waals surface area (Å²) in [4.78, 5) is 13.9. The molecular formula is C20H20N6O2. The van der Waals surface area contributed by atoms with Crippen LogP contribution < -0.4 is 4.90 Å². The van der Waals surface area contributed by atoms with E-state index in [0.717, 1.165) is 35.2 Å². The van der Waals surface area contributed by atoms with Crippen LogP contribution in [-0.2, 0) is 11.8 Å². The lowest BCUT2D eigenvalue weighted by Crippen LogP contribution is -2.45. The van der Waals surface area contributed by atoms with Crippen molar-refractivity contribution in [3.63, 3.8) is 0 Å². The van der Waals surface area contributed by atoms with E-state index in [4.69, 9.17) is 0 Å². The molecule has 1 saturated heterocycles. The number of piperidine rings is 1. The molecule has 3 aromatic rings. The zero-order chi connectivity index (χ0) is 19.4. The summed E-state index contributed by atoms with van der Waals surface area (Å²) in [6, 6.07) is 4.32. The number of carboxylic acids is 1. The maximum Gasteiger partial charge on any atom is 0.307 e. The molecule has 5 rings (SSSR count). The number of hydrogen-bond acceptors (Lipinski definition) is 5. The van der Waals surface area contributed by atoms with Gasteiger partial charge in [-0.25, -0.2) is 4.52 Å². The van der Waals surface area contributed by atoms with Crippen molar-refractivity contribution in [3.05, 3.63) is 36.4 Å². The quantitative estimate of drug-likeness (QED) is 0.752. The van der Waals surface area contributed by atoms with Gasteiger partial charge in [-0.2, -0.15) is 15.5 Å². The molecule has 8 heteroatoms. The molecular weight excluding hydrogens is 356 g/mol. The molecule has 2 atom stereocenters. The molecule has 0 radical (unpaired) electrons. The highest BCUT2D eigenvalue weighted by Gasteiger charge is 2.46. The van der Waals surface area contributed by atoms with Gasteiger partial charge in [0, 0.05) is 43.7 Å². The number of aliphatic carboxylic acids is 1. The van der Waals surface area contributed by atoms with E-state index in [0.29, 0.717) is 18.7 Å². The number of anilines is 1. The van der Waals surface area contributed by atoms with E-state index >= 15 is 0 Å². The molecule has 2 aliphatic rings. The first kappa shape index (κ1) is 16.8. The molecule has 2 unspecified atom stereocenters. The lowest BCUT2D eigenvalue weighted by molar-refractivity contribution is -0.144. The first-order valence-corrected chi connectivity index (χ1v) is 9.43. The zero-order valence-electron chi connectivity index (χ0n) is 15.5. The summed E-state index contributed by atoms with van der Waals surface area (Å²) in [5, 5.41) is 27.8. The largest absolute Gasteiger partial charge is 0.481 e. The van der Waals surface area contributed by atoms with Crippen LogP contribution in [0.3, 0.4) is 0 Å². The lowest BCUT2D eigenvalue weighted by atomic mass is 9.85. The van der Waals surface area contributed by atoms with Gasteiger partial charge in [-0.3, -0.25) is 9.48 Å². The molecule has 1 aliphatic heterocycles. The summed E-state index contributed by atoms with van der Waals surface area (Å²) in [6.45, 7) is 1.38. The predicted molar refractivity (Wildman–Crippen MR) is 102 cm³/mol. The van der Waals surface area contributed by atoms with Gasteiger partial charge in [-0.1, -0.05) is 0 Å². The number of aryl methyl sites for hydroxylation is 1. The Morgan fingerprint density at radius 1 is 1.18 bits per heavy atom. The second-order valence-electron chi connectivity index (χ2n) is 7.85. The molecule has 0 spiro atoms. The van der Waals surface area contributed by atoms with Crippen molar-refractivity contribution in [2.75, 3.05) is 18.0 Å². The molecule has 28 heavy (non-hydrogen) atoms. The van der Waals surface area contributed by atoms with E-state index in [-0.39, 0.29) is 17.8 Å². The van der Waals surface area contributed by atoms with E-state index in [9.17, 15) is 15.2 Å². The number of pyridine rings is 1. The summed E-state index contributed by atoms with van der Waals surface area (Å²) in [5.74, 6) is -0.642. The number of fused-ring (bicyclic) bond motifs is 3. The van der Waals surface area contributed by atoms with Gasteiger partial charge < -0.3 is 10.0 Å². The Hall–Kier alpha value is -3.34. The SMILES string of the molecule is Cn1cc(-c2cc(N3CC4CCC(C3)C4C(=O)O)c3c(C#N)cnn3c2)cn1. The van der Waals surface area contributed by atoms with Crippen molar-refractivity contribution in [1.29, 1.82) is 5.26 Å². The van der Waals surface area contributed by atoms with Crippen LogP contribution in [0, 0.1) is 29.1 Å². The number of nitrogens with zero attached hydrogens (tertiary/aromatic N) is 6. The van der Waals surface area contributed by atoms with Gasteiger partial charge in [-0.05, 0) is 30.7 Å². The molecule has 1 saturated carbocycles. The monoisotopic (exact) mass is 376 g/mol. The summed E-state index contributed by atoms with van der Waals surface area (Å²) in [5.41, 5.74) is 4.19. The fourth-order valence-electron chi connectivity index (χ4n) is 4.97. The third-order valence-corrected chi connectivity index (χ3v) is 6.21. The minimum Gasteiger partial charge on any atom is -0.481 e. The number of hydrogen-bond donors (Lipinski definition) is 1. The fraction of sp³-hybridized carbons (Fsp3) is 0.400. The minimum atomic E-state index is -0.677. The Bertz CT molecular complexity index is 1110. The topological polar surface area (TPSA) is 99.4 Å². The van der Waals surface area contributed by atoms with Crippen molar-refractivity contribution in [2.45, 2.75) is 12.8 Å². The number of nitriles is 1. The molecule has 1 N–H and O–H groups in total. The van der Waals surface area contributed by atoms with Gasteiger partial charge in [0.2, 0.25) is 0 Å². The zero-order valence-corrected chi connectivity index (χ0v) is 15.5. The van der Waals surface area contributed by atoms with E-state index in [1.165, 1.54) is 0 Å². The average molecular weight is 376 g/mol. The van der Waals surface area contributed by atoms with Gasteiger partial charge in [0.25, 0.3) is 0 Å². The van der Waals surface area contributed by atoms with Crippen LogP contribution in [0.1, 0.15) is 18.4 Å². The number of aromatic nitrogens is 4. The normalized spacial score (nSPS) is 23.9. The highest BCUT2D eigenvalue weighted by molar-refractivity contribution is 5.84. The van der Waals surface area contributed by atoms with Crippen molar-refractivity contribution < 1.29 is 9.90 Å². The maximum absolute atomic E-state index is 11.7. The Labute approximate surface area is 161 Å². The molecule has 142 valence electrons. The second kappa shape index (κ2) is 6.09. The van der Waals surface area contributed by atoms with Crippen LogP contribution in [0.5, 0.6) is 0 Å². The Kier molecular flexibility index (Phi) is 3.66. The lowest BCUT2D eigenvalue weighted by Gasteiger charge is -2.37. The third-order valence-electron chi connectivity index (χ3n) is 6.21. The fourth-order valence-corrected chi connectivity index (χ4v) is 4.97. The van der Waals surface area contributed by atoms with Crippen molar-refractivity contribution in [2.24, 2.45) is 24.8 Å².